The van der Waals surface area contributed by atoms with Crippen molar-refractivity contribution in [1.29, 1.82) is 0 Å². The van der Waals surface area contributed by atoms with Crippen LogP contribution in [0.25, 0.3) is 0 Å². The van der Waals surface area contributed by atoms with E-state index in [-0.39, 0.29) is 35.3 Å². The Morgan fingerprint density at radius 1 is 0.823 bits per heavy atom. The van der Waals surface area contributed by atoms with E-state index in [0.29, 0.717) is 5.56 Å². The molecule has 3 aliphatic carbocycles. The third-order valence-electron chi connectivity index (χ3n) is 13.5. The Morgan fingerprint density at radius 3 is 1.95 bits per heavy atom. The number of ketones is 1. The third-order valence-corrected chi connectivity index (χ3v) is 13.5. The summed E-state index contributed by atoms with van der Waals surface area (Å²) in [6, 6.07) is 22.9. The maximum atomic E-state index is 15.5. The molecule has 1 heterocycles. The van der Waals surface area contributed by atoms with Crippen molar-refractivity contribution in [3.63, 3.8) is 0 Å². The highest BCUT2D eigenvalue weighted by Gasteiger charge is 2.78. The molecule has 3 aromatic carbocycles. The Kier molecular flexibility index (Phi) is 11.8. The number of ether oxygens (including phenoxy) is 5. The van der Waals surface area contributed by atoms with Gasteiger partial charge in [-0.15, -0.1) is 0 Å². The van der Waals surface area contributed by atoms with Gasteiger partial charge in [0.2, 0.25) is 0 Å². The predicted molar refractivity (Wildman–Crippen MR) is 218 cm³/mol. The van der Waals surface area contributed by atoms with Crippen molar-refractivity contribution in [2.24, 2.45) is 16.7 Å². The first-order chi connectivity index (χ1) is 29.3. The van der Waals surface area contributed by atoms with Crippen LogP contribution in [0, 0.1) is 16.7 Å². The third kappa shape index (κ3) is 7.29. The number of hydrogen-bond acceptors (Lipinski definition) is 14. The number of nitrogens with one attached hydrogen (secondary N) is 1. The molecule has 2 unspecified atom stereocenters. The van der Waals surface area contributed by atoms with Crippen LogP contribution in [0.1, 0.15) is 86.7 Å². The van der Waals surface area contributed by atoms with E-state index in [1.807, 2.05) is 0 Å². The predicted octanol–water partition coefficient (Wildman–Crippen LogP) is 3.74. The van der Waals surface area contributed by atoms with Gasteiger partial charge in [-0.25, -0.2) is 9.59 Å². The van der Waals surface area contributed by atoms with E-state index in [1.165, 1.54) is 26.0 Å². The number of rotatable bonds is 10. The monoisotopic (exact) mass is 853 g/mol. The number of carbonyl (C=O) groups is 6. The number of fused-ring (bicyclic) bond motifs is 5. The summed E-state index contributed by atoms with van der Waals surface area (Å²) in [5.41, 5.74) is -7.02. The minimum Gasteiger partial charge on any atom is -0.456 e. The normalized spacial score (nSPS) is 31.9. The number of aliphatic hydroxyl groups is 3. The zero-order chi connectivity index (χ0) is 44.9. The zero-order valence-electron chi connectivity index (χ0n) is 35.2. The van der Waals surface area contributed by atoms with Crippen molar-refractivity contribution >= 4 is 35.6 Å². The van der Waals surface area contributed by atoms with Crippen LogP contribution in [-0.2, 0) is 42.9 Å². The summed E-state index contributed by atoms with van der Waals surface area (Å²) < 4.78 is 30.3. The summed E-state index contributed by atoms with van der Waals surface area (Å²) in [6.07, 6.45) is -10.5. The molecule has 1 aliphatic heterocycles. The first-order valence-corrected chi connectivity index (χ1v) is 20.5. The number of benzene rings is 3. The van der Waals surface area contributed by atoms with E-state index in [0.717, 1.165) is 13.8 Å². The Bertz CT molecular complexity index is 2280. The standard InChI is InChI=1S/C47H51NO14/c1-25-31(60-43(56)36(52)35(28-16-10-7-11-17-28)48-41(54)29-18-12-8-13-19-29)23-47(57)40(61-42(55)30-20-14-9-15-21-30)38-45(6,32(51)22-33-46(38,24-58-33)62-27(3)50)39(53)37(59-26(2)49)34(25)44(47,4)5/h7-21,31-33,35-38,40,51-52,57H,22-24H2,1-6H3,(H,48,54)/t31-,32+,33?,35-,36+,37+,38?,40-,45+,46-,47+/m0/s1. The topological polar surface area (TPSA) is 221 Å². The van der Waals surface area contributed by atoms with Gasteiger partial charge in [0.05, 0.1) is 35.6 Å². The van der Waals surface area contributed by atoms with E-state index < -0.39 is 113 Å². The fourth-order valence-electron chi connectivity index (χ4n) is 10.2. The van der Waals surface area contributed by atoms with E-state index in [9.17, 15) is 39.3 Å². The summed E-state index contributed by atoms with van der Waals surface area (Å²) in [5.74, 6) is -6.84. The fraction of sp³-hybridized carbons (Fsp3) is 0.447. The van der Waals surface area contributed by atoms with Crippen LogP contribution in [0.15, 0.2) is 102 Å². The number of amides is 1. The highest BCUT2D eigenvalue weighted by Crippen LogP contribution is 2.64. The molecular weight excluding hydrogens is 803 g/mol. The van der Waals surface area contributed by atoms with Gasteiger partial charge < -0.3 is 44.3 Å². The van der Waals surface area contributed by atoms with Gasteiger partial charge in [0.1, 0.15) is 23.9 Å². The molecule has 0 radical (unpaired) electrons. The van der Waals surface area contributed by atoms with Crippen LogP contribution < -0.4 is 5.32 Å². The quantitative estimate of drug-likeness (QED) is 0.130. The van der Waals surface area contributed by atoms with Gasteiger partial charge in [-0.3, -0.25) is 19.2 Å². The van der Waals surface area contributed by atoms with Gasteiger partial charge in [-0.2, -0.15) is 0 Å². The zero-order valence-corrected chi connectivity index (χ0v) is 35.2. The van der Waals surface area contributed by atoms with Crippen LogP contribution in [0.5, 0.6) is 0 Å². The van der Waals surface area contributed by atoms with Crippen molar-refractivity contribution in [1.82, 2.24) is 5.32 Å². The Labute approximate surface area is 358 Å². The number of carbonyl (C=O) groups excluding carboxylic acids is 6. The molecule has 1 amide bonds. The minimum atomic E-state index is -2.39. The number of aliphatic hydroxyl groups excluding tert-OH is 2. The lowest BCUT2D eigenvalue weighted by molar-refractivity contribution is -0.346. The maximum Gasteiger partial charge on any atom is 0.338 e. The second-order valence-corrected chi connectivity index (χ2v) is 17.4. The lowest BCUT2D eigenvalue weighted by Crippen LogP contribution is -2.82. The smallest absolute Gasteiger partial charge is 0.338 e. The molecule has 4 aliphatic rings. The summed E-state index contributed by atoms with van der Waals surface area (Å²) in [7, 11) is 0. The van der Waals surface area contributed by atoms with Gasteiger partial charge in [0.15, 0.2) is 23.6 Å². The van der Waals surface area contributed by atoms with Gasteiger partial charge in [0.25, 0.3) is 5.91 Å². The van der Waals surface area contributed by atoms with Gasteiger partial charge in [-0.05, 0) is 54.8 Å². The van der Waals surface area contributed by atoms with Crippen LogP contribution in [-0.4, -0.2) is 105 Å². The van der Waals surface area contributed by atoms with Crippen molar-refractivity contribution in [3.8, 4) is 0 Å². The minimum absolute atomic E-state index is 0.00289. The fourth-order valence-corrected chi connectivity index (χ4v) is 10.2. The molecule has 15 nitrogen and oxygen atoms in total. The molecule has 11 atom stereocenters. The van der Waals surface area contributed by atoms with Crippen molar-refractivity contribution in [3.05, 3.63) is 119 Å². The molecule has 328 valence electrons. The molecule has 2 saturated carbocycles. The first-order valence-electron chi connectivity index (χ1n) is 20.5. The van der Waals surface area contributed by atoms with Crippen LogP contribution in [0.3, 0.4) is 0 Å². The Balaban J connectivity index is 1.39. The summed E-state index contributed by atoms with van der Waals surface area (Å²) >= 11 is 0. The molecule has 0 aromatic heterocycles. The molecule has 2 bridgehead atoms. The highest BCUT2D eigenvalue weighted by molar-refractivity contribution is 5.96. The lowest BCUT2D eigenvalue weighted by atomic mass is 9.44. The average molecular weight is 854 g/mol. The first kappa shape index (κ1) is 44.3. The number of esters is 4. The highest BCUT2D eigenvalue weighted by atomic mass is 16.6. The lowest BCUT2D eigenvalue weighted by Gasteiger charge is -2.67. The van der Waals surface area contributed by atoms with Crippen molar-refractivity contribution in [2.75, 3.05) is 6.61 Å². The van der Waals surface area contributed by atoms with Gasteiger partial charge in [-0.1, -0.05) is 80.6 Å². The van der Waals surface area contributed by atoms with E-state index >= 15 is 4.79 Å². The Morgan fingerprint density at radius 2 is 1.40 bits per heavy atom. The van der Waals surface area contributed by atoms with Gasteiger partial charge in [0, 0.05) is 37.7 Å². The second kappa shape index (κ2) is 16.5. The van der Waals surface area contributed by atoms with Gasteiger partial charge >= 0.3 is 23.9 Å². The largest absolute Gasteiger partial charge is 0.456 e. The van der Waals surface area contributed by atoms with Crippen molar-refractivity contribution < 1.29 is 67.8 Å². The molecule has 15 heteroatoms. The molecule has 7 rings (SSSR count). The summed E-state index contributed by atoms with van der Waals surface area (Å²) in [4.78, 5) is 83.5. The van der Waals surface area contributed by atoms with Crippen LogP contribution >= 0.6 is 0 Å². The number of Topliss-reactive ketones (excluding diaryl/α,β-unsaturated/α-hetero) is 1. The van der Waals surface area contributed by atoms with E-state index in [1.54, 1.807) is 92.7 Å². The molecule has 62 heavy (non-hydrogen) atoms. The molecule has 0 spiro atoms. The van der Waals surface area contributed by atoms with E-state index in [2.05, 4.69) is 5.32 Å². The molecule has 1 saturated heterocycles. The molecule has 3 aromatic rings. The van der Waals surface area contributed by atoms with Crippen LogP contribution in [0.2, 0.25) is 0 Å². The second-order valence-electron chi connectivity index (χ2n) is 17.4. The molecule has 3 fully saturated rings. The number of hydrogen-bond donors (Lipinski definition) is 4. The van der Waals surface area contributed by atoms with E-state index in [4.69, 9.17) is 23.7 Å². The van der Waals surface area contributed by atoms with Crippen molar-refractivity contribution in [2.45, 2.75) is 108 Å². The molecular formula is C47H51NO14. The SMILES string of the molecule is CC(=O)O[C@H]1C(=O)[C@@]2(C)C([C@H](OC(=O)c3ccccc3)[C@]3(O)C[C@H](OC(=O)[C@H](O)[C@@H](NC(=O)c4ccccc4)c4ccccc4)C(C)=C1C3(C)C)[C@]1(OC(C)=O)COC1C[C@H]2O. The Hall–Kier alpha value is -5.74. The maximum absolute atomic E-state index is 15.5. The molecule has 4 N–H and O–H groups in total. The summed E-state index contributed by atoms with van der Waals surface area (Å²) in [5, 5.41) is 40.2. The average Bonchev–Trinajstić information content (AvgIpc) is 3.24. The summed E-state index contributed by atoms with van der Waals surface area (Å²) in [6.45, 7) is 7.97. The van der Waals surface area contributed by atoms with Crippen LogP contribution in [0.4, 0.5) is 0 Å².